The Bertz CT molecular complexity index is 1220. The molecule has 158 valence electrons. The van der Waals surface area contributed by atoms with Crippen molar-refractivity contribution in [1.82, 2.24) is 9.78 Å². The summed E-state index contributed by atoms with van der Waals surface area (Å²) in [6.07, 6.45) is 2.67. The van der Waals surface area contributed by atoms with Crippen LogP contribution in [-0.4, -0.2) is 30.2 Å². The van der Waals surface area contributed by atoms with E-state index in [1.54, 1.807) is 33.9 Å². The zero-order chi connectivity index (χ0) is 22.2. The smallest absolute Gasteiger partial charge is 0.223 e. The van der Waals surface area contributed by atoms with Gasteiger partial charge in [-0.15, -0.1) is 0 Å². The Morgan fingerprint density at radius 2 is 1.67 bits per heavy atom. The predicted molar refractivity (Wildman–Crippen MR) is 116 cm³/mol. The summed E-state index contributed by atoms with van der Waals surface area (Å²) in [6, 6.07) is 9.61. The number of ether oxygens (including phenoxy) is 1. The summed E-state index contributed by atoms with van der Waals surface area (Å²) >= 11 is 0. The molecule has 0 aliphatic heterocycles. The number of aromatic nitrogens is 2. The molecule has 6 nitrogen and oxygen atoms in total. The van der Waals surface area contributed by atoms with Crippen molar-refractivity contribution in [2.75, 3.05) is 6.26 Å². The van der Waals surface area contributed by atoms with Crippen molar-refractivity contribution in [2.45, 2.75) is 39.2 Å². The monoisotopic (exact) mass is 426 g/mol. The summed E-state index contributed by atoms with van der Waals surface area (Å²) in [5.74, 6) is 0.133. The summed E-state index contributed by atoms with van der Waals surface area (Å²) in [6.45, 7) is 7.53. The Morgan fingerprint density at radius 1 is 1.03 bits per heavy atom. The first-order valence-corrected chi connectivity index (χ1v) is 11.5. The van der Waals surface area contributed by atoms with Crippen LogP contribution in [0.25, 0.3) is 0 Å². The molecule has 1 heterocycles. The summed E-state index contributed by atoms with van der Waals surface area (Å²) < 4.78 is 31.8. The zero-order valence-electron chi connectivity index (χ0n) is 18.1. The Kier molecular flexibility index (Phi) is 5.85. The molecule has 0 unspecified atom stereocenters. The predicted octanol–water partition coefficient (Wildman–Crippen LogP) is 3.87. The first kappa shape index (κ1) is 21.8. The highest BCUT2D eigenvalue weighted by Crippen LogP contribution is 2.30. The van der Waals surface area contributed by atoms with Gasteiger partial charge in [-0.2, -0.15) is 5.10 Å². The van der Waals surface area contributed by atoms with Crippen LogP contribution in [0.1, 0.15) is 43.7 Å². The molecule has 0 fully saturated rings. The van der Waals surface area contributed by atoms with Crippen molar-refractivity contribution in [3.8, 4) is 5.88 Å². The van der Waals surface area contributed by atoms with Gasteiger partial charge in [0.1, 0.15) is 12.2 Å². The van der Waals surface area contributed by atoms with Crippen LogP contribution in [0.3, 0.4) is 0 Å². The molecule has 0 N–H and O–H groups in total. The van der Waals surface area contributed by atoms with Crippen molar-refractivity contribution < 1.29 is 17.9 Å². The van der Waals surface area contributed by atoms with Crippen molar-refractivity contribution in [3.05, 3.63) is 75.5 Å². The van der Waals surface area contributed by atoms with Crippen LogP contribution >= 0.6 is 0 Å². The Labute approximate surface area is 177 Å². The average molecular weight is 427 g/mol. The highest BCUT2D eigenvalue weighted by Gasteiger charge is 2.25. The molecule has 30 heavy (non-hydrogen) atoms. The van der Waals surface area contributed by atoms with Crippen LogP contribution in [0.2, 0.25) is 0 Å². The van der Waals surface area contributed by atoms with Crippen LogP contribution in [-0.2, 0) is 23.5 Å². The molecule has 0 saturated carbocycles. The summed E-state index contributed by atoms with van der Waals surface area (Å²) in [4.78, 5) is 13.6. The number of nitrogens with zero attached hydrogens (tertiary/aromatic N) is 2. The number of hydrogen-bond acceptors (Lipinski definition) is 5. The van der Waals surface area contributed by atoms with Gasteiger partial charge in [-0.05, 0) is 56.0 Å². The lowest BCUT2D eigenvalue weighted by molar-refractivity contribution is 0.103. The molecule has 3 aromatic rings. The number of rotatable bonds is 6. The van der Waals surface area contributed by atoms with Gasteiger partial charge in [0.05, 0.1) is 11.1 Å². The van der Waals surface area contributed by atoms with E-state index in [2.05, 4.69) is 5.10 Å². The molecule has 0 aliphatic carbocycles. The molecular formula is C23H26N2O4S. The van der Waals surface area contributed by atoms with Crippen LogP contribution in [0.4, 0.5) is 0 Å². The van der Waals surface area contributed by atoms with Crippen molar-refractivity contribution >= 4 is 15.6 Å². The Balaban J connectivity index is 1.98. The molecule has 3 rings (SSSR count). The topological polar surface area (TPSA) is 78.3 Å². The molecule has 0 saturated heterocycles. The maximum Gasteiger partial charge on any atom is 0.223 e. The average Bonchev–Trinajstić information content (AvgIpc) is 3.03. The standard InChI is InChI=1S/C23H26N2O4S/c1-14-7-9-18(10-8-14)13-29-23-20(12-24-25(23)5)21(26)19-11-15(2)22(30(6,27)28)17(4)16(19)3/h7-12H,13H2,1-6H3. The fourth-order valence-corrected chi connectivity index (χ4v) is 4.95. The van der Waals surface area contributed by atoms with E-state index in [0.29, 0.717) is 40.3 Å². The summed E-state index contributed by atoms with van der Waals surface area (Å²) in [5.41, 5.74) is 4.72. The van der Waals surface area contributed by atoms with Crippen LogP contribution in [0, 0.1) is 27.7 Å². The van der Waals surface area contributed by atoms with Gasteiger partial charge in [0.15, 0.2) is 15.6 Å². The van der Waals surface area contributed by atoms with Gasteiger partial charge in [0.25, 0.3) is 0 Å². The molecule has 2 aromatic carbocycles. The third-order valence-electron chi connectivity index (χ3n) is 5.27. The quantitative estimate of drug-likeness (QED) is 0.559. The van der Waals surface area contributed by atoms with E-state index in [0.717, 1.165) is 11.1 Å². The number of sulfone groups is 1. The third-order valence-corrected chi connectivity index (χ3v) is 6.64. The molecular weight excluding hydrogens is 400 g/mol. The second kappa shape index (κ2) is 8.07. The van der Waals surface area contributed by atoms with Gasteiger partial charge < -0.3 is 4.74 Å². The molecule has 0 radical (unpaired) electrons. The lowest BCUT2D eigenvalue weighted by atomic mass is 9.95. The number of carbonyl (C=O) groups excluding carboxylic acids is 1. The van der Waals surface area contributed by atoms with Crippen LogP contribution in [0.5, 0.6) is 5.88 Å². The highest BCUT2D eigenvalue weighted by atomic mass is 32.2. The lowest BCUT2D eigenvalue weighted by Gasteiger charge is -2.15. The third kappa shape index (κ3) is 4.16. The summed E-state index contributed by atoms with van der Waals surface area (Å²) in [5, 5.41) is 4.20. The molecule has 0 bridgehead atoms. The minimum absolute atomic E-state index is 0.245. The first-order valence-electron chi connectivity index (χ1n) is 9.56. The van der Waals surface area contributed by atoms with Gasteiger partial charge in [-0.3, -0.25) is 4.79 Å². The fraction of sp³-hybridized carbons (Fsp3) is 0.304. The van der Waals surface area contributed by atoms with E-state index >= 15 is 0 Å². The SMILES string of the molecule is Cc1ccc(COc2c(C(=O)c3cc(C)c(S(C)(=O)=O)c(C)c3C)cnn2C)cc1. The maximum absolute atomic E-state index is 13.3. The van der Waals surface area contributed by atoms with Gasteiger partial charge in [0.2, 0.25) is 5.88 Å². The molecule has 1 aromatic heterocycles. The molecule has 0 aliphatic rings. The minimum Gasteiger partial charge on any atom is -0.472 e. The van der Waals surface area contributed by atoms with E-state index in [-0.39, 0.29) is 10.7 Å². The minimum atomic E-state index is -3.39. The Morgan fingerprint density at radius 3 is 2.27 bits per heavy atom. The zero-order valence-corrected chi connectivity index (χ0v) is 18.9. The van der Waals surface area contributed by atoms with Gasteiger partial charge in [0, 0.05) is 18.9 Å². The van der Waals surface area contributed by atoms with E-state index in [1.165, 1.54) is 17.1 Å². The van der Waals surface area contributed by atoms with Crippen molar-refractivity contribution in [2.24, 2.45) is 7.05 Å². The van der Waals surface area contributed by atoms with E-state index in [1.807, 2.05) is 31.2 Å². The first-order chi connectivity index (χ1) is 14.0. The molecule has 0 atom stereocenters. The van der Waals surface area contributed by atoms with Gasteiger partial charge in [-0.1, -0.05) is 29.8 Å². The largest absolute Gasteiger partial charge is 0.472 e. The fourth-order valence-electron chi connectivity index (χ4n) is 3.60. The second-order valence-electron chi connectivity index (χ2n) is 7.68. The highest BCUT2D eigenvalue weighted by molar-refractivity contribution is 7.90. The van der Waals surface area contributed by atoms with Gasteiger partial charge in [-0.25, -0.2) is 13.1 Å². The normalized spacial score (nSPS) is 11.5. The van der Waals surface area contributed by atoms with E-state index < -0.39 is 9.84 Å². The second-order valence-corrected chi connectivity index (χ2v) is 9.64. The molecule has 0 amide bonds. The van der Waals surface area contributed by atoms with Crippen molar-refractivity contribution in [3.63, 3.8) is 0 Å². The Hall–Kier alpha value is -2.93. The number of hydrogen-bond donors (Lipinski definition) is 0. The summed E-state index contributed by atoms with van der Waals surface area (Å²) in [7, 11) is -1.67. The lowest BCUT2D eigenvalue weighted by Crippen LogP contribution is -2.12. The van der Waals surface area contributed by atoms with E-state index in [4.69, 9.17) is 4.74 Å². The molecule has 0 spiro atoms. The number of ketones is 1. The van der Waals surface area contributed by atoms with Crippen LogP contribution < -0.4 is 4.74 Å². The maximum atomic E-state index is 13.3. The number of benzene rings is 2. The number of aryl methyl sites for hydroxylation is 3. The molecule has 7 heteroatoms. The van der Waals surface area contributed by atoms with Gasteiger partial charge >= 0.3 is 0 Å². The number of carbonyl (C=O) groups is 1. The van der Waals surface area contributed by atoms with Crippen LogP contribution in [0.15, 0.2) is 41.4 Å². The van der Waals surface area contributed by atoms with E-state index in [9.17, 15) is 13.2 Å². The van der Waals surface area contributed by atoms with Crippen molar-refractivity contribution in [1.29, 1.82) is 0 Å².